The summed E-state index contributed by atoms with van der Waals surface area (Å²) >= 11 is 0. The highest BCUT2D eigenvalue weighted by Gasteiger charge is 2.03. The Labute approximate surface area is 202 Å². The SMILES string of the molecule is C=O.Cc1cc(N)cc(-c2ccc(N)c(C)c2)c1.Cc1cc(N)cc(-c2ccc(N)c(C)c2)c1. The van der Waals surface area contributed by atoms with Crippen LogP contribution in [0.15, 0.2) is 72.8 Å². The van der Waals surface area contributed by atoms with Crippen molar-refractivity contribution < 1.29 is 4.79 Å². The van der Waals surface area contributed by atoms with Crippen molar-refractivity contribution in [1.29, 1.82) is 0 Å². The largest absolute Gasteiger partial charge is 0.399 e. The van der Waals surface area contributed by atoms with Gasteiger partial charge in [0.25, 0.3) is 0 Å². The van der Waals surface area contributed by atoms with Crippen molar-refractivity contribution in [3.8, 4) is 22.3 Å². The molecule has 34 heavy (non-hydrogen) atoms. The van der Waals surface area contributed by atoms with Crippen molar-refractivity contribution in [2.45, 2.75) is 27.7 Å². The van der Waals surface area contributed by atoms with Crippen LogP contribution in [-0.2, 0) is 4.79 Å². The summed E-state index contributed by atoms with van der Waals surface area (Å²) in [6, 6.07) is 24.2. The minimum atomic E-state index is 0.796. The average molecular weight is 455 g/mol. The Balaban J connectivity index is 0.000000224. The van der Waals surface area contributed by atoms with E-state index in [-0.39, 0.29) is 0 Å². The standard InChI is InChI=1S/2C14H16N2.CH2O/c2*1-9-5-12(8-13(15)6-9)11-3-4-14(16)10(2)7-11;1-2/h2*3-8H,15-16H2,1-2H3;1H2. The number of nitrogens with two attached hydrogens (primary N) is 4. The van der Waals surface area contributed by atoms with Gasteiger partial charge in [0, 0.05) is 22.7 Å². The Bertz CT molecular complexity index is 1140. The molecule has 0 aliphatic heterocycles. The predicted octanol–water partition coefficient (Wildman–Crippen LogP) is 6.08. The number of benzene rings is 4. The summed E-state index contributed by atoms with van der Waals surface area (Å²) in [6.45, 7) is 10.1. The molecule has 0 aliphatic carbocycles. The Hall–Kier alpha value is -4.25. The van der Waals surface area contributed by atoms with E-state index in [1.165, 1.54) is 11.1 Å². The second-order valence-electron chi connectivity index (χ2n) is 8.41. The molecule has 0 radical (unpaired) electrons. The maximum Gasteiger partial charge on any atom is 0.106 e. The lowest BCUT2D eigenvalue weighted by atomic mass is 10.0. The van der Waals surface area contributed by atoms with Crippen LogP contribution in [0, 0.1) is 27.7 Å². The summed E-state index contributed by atoms with van der Waals surface area (Å²) in [6.07, 6.45) is 0. The zero-order valence-electron chi connectivity index (χ0n) is 20.4. The molecule has 4 aromatic carbocycles. The first kappa shape index (κ1) is 26.0. The molecule has 176 valence electrons. The van der Waals surface area contributed by atoms with Gasteiger partial charge in [0.1, 0.15) is 6.79 Å². The van der Waals surface area contributed by atoms with Crippen LogP contribution in [0.25, 0.3) is 22.3 Å². The van der Waals surface area contributed by atoms with Crippen molar-refractivity contribution in [3.05, 3.63) is 95.1 Å². The number of hydrogen-bond donors (Lipinski definition) is 4. The van der Waals surface area contributed by atoms with Gasteiger partial charge in [0.2, 0.25) is 0 Å². The number of anilines is 4. The summed E-state index contributed by atoms with van der Waals surface area (Å²) in [7, 11) is 0. The molecule has 4 rings (SSSR count). The predicted molar refractivity (Wildman–Crippen MR) is 147 cm³/mol. The van der Waals surface area contributed by atoms with E-state index in [4.69, 9.17) is 27.7 Å². The summed E-state index contributed by atoms with van der Waals surface area (Å²) in [4.78, 5) is 8.00. The van der Waals surface area contributed by atoms with Gasteiger partial charge in [-0.15, -0.1) is 0 Å². The van der Waals surface area contributed by atoms with E-state index in [0.717, 1.165) is 56.1 Å². The number of rotatable bonds is 2. The van der Waals surface area contributed by atoms with Crippen LogP contribution >= 0.6 is 0 Å². The minimum Gasteiger partial charge on any atom is -0.399 e. The van der Waals surface area contributed by atoms with E-state index in [0.29, 0.717) is 0 Å². The van der Waals surface area contributed by atoms with Crippen molar-refractivity contribution in [1.82, 2.24) is 0 Å². The van der Waals surface area contributed by atoms with Gasteiger partial charge in [-0.25, -0.2) is 0 Å². The first-order valence-electron chi connectivity index (χ1n) is 10.9. The fourth-order valence-electron chi connectivity index (χ4n) is 3.67. The normalized spacial score (nSPS) is 9.88. The summed E-state index contributed by atoms with van der Waals surface area (Å²) < 4.78 is 0. The Morgan fingerprint density at radius 3 is 1.12 bits per heavy atom. The lowest BCUT2D eigenvalue weighted by Crippen LogP contribution is -1.91. The molecular weight excluding hydrogens is 420 g/mol. The zero-order valence-corrected chi connectivity index (χ0v) is 20.4. The Morgan fingerprint density at radius 2 is 0.824 bits per heavy atom. The van der Waals surface area contributed by atoms with Gasteiger partial charge >= 0.3 is 0 Å². The van der Waals surface area contributed by atoms with Gasteiger partial charge in [-0.2, -0.15) is 0 Å². The lowest BCUT2D eigenvalue weighted by Gasteiger charge is -2.07. The van der Waals surface area contributed by atoms with Crippen molar-refractivity contribution >= 4 is 29.5 Å². The van der Waals surface area contributed by atoms with E-state index in [1.54, 1.807) is 0 Å². The molecule has 0 saturated carbocycles. The number of nitrogen functional groups attached to an aromatic ring is 4. The van der Waals surface area contributed by atoms with Gasteiger partial charge < -0.3 is 27.7 Å². The Kier molecular flexibility index (Phi) is 8.85. The van der Waals surface area contributed by atoms with Gasteiger partial charge in [0.15, 0.2) is 0 Å². The molecule has 0 amide bonds. The van der Waals surface area contributed by atoms with Crippen LogP contribution in [0.5, 0.6) is 0 Å². The third-order valence-electron chi connectivity index (χ3n) is 5.41. The van der Waals surface area contributed by atoms with Crippen LogP contribution < -0.4 is 22.9 Å². The quantitative estimate of drug-likeness (QED) is 0.273. The molecule has 0 spiro atoms. The van der Waals surface area contributed by atoms with E-state index in [1.807, 2.05) is 83.0 Å². The number of carbonyl (C=O) groups is 1. The first-order chi connectivity index (χ1) is 16.1. The van der Waals surface area contributed by atoms with Crippen molar-refractivity contribution in [3.63, 3.8) is 0 Å². The monoisotopic (exact) mass is 454 g/mol. The van der Waals surface area contributed by atoms with Crippen LogP contribution in [-0.4, -0.2) is 6.79 Å². The van der Waals surface area contributed by atoms with E-state index < -0.39 is 0 Å². The van der Waals surface area contributed by atoms with Crippen molar-refractivity contribution in [2.24, 2.45) is 0 Å². The third-order valence-corrected chi connectivity index (χ3v) is 5.41. The molecule has 5 heteroatoms. The fourth-order valence-corrected chi connectivity index (χ4v) is 3.67. The van der Waals surface area contributed by atoms with Crippen LogP contribution in [0.3, 0.4) is 0 Å². The van der Waals surface area contributed by atoms with Gasteiger partial charge in [-0.1, -0.05) is 24.3 Å². The summed E-state index contributed by atoms with van der Waals surface area (Å²) in [5, 5.41) is 0. The molecule has 4 aromatic rings. The molecule has 5 nitrogen and oxygen atoms in total. The molecule has 0 fully saturated rings. The molecule has 0 unspecified atom stereocenters. The highest BCUT2D eigenvalue weighted by Crippen LogP contribution is 2.27. The van der Waals surface area contributed by atoms with E-state index in [9.17, 15) is 0 Å². The average Bonchev–Trinajstić information content (AvgIpc) is 2.78. The molecule has 0 aliphatic rings. The second kappa shape index (κ2) is 11.6. The van der Waals surface area contributed by atoms with Crippen LogP contribution in [0.1, 0.15) is 22.3 Å². The summed E-state index contributed by atoms with van der Waals surface area (Å²) in [5.41, 5.74) is 35.6. The van der Waals surface area contributed by atoms with E-state index in [2.05, 4.69) is 24.3 Å². The molecule has 0 heterocycles. The number of carbonyl (C=O) groups excluding carboxylic acids is 1. The topological polar surface area (TPSA) is 121 Å². The molecular formula is C29H34N4O. The Morgan fingerprint density at radius 1 is 0.471 bits per heavy atom. The number of aryl methyl sites for hydroxylation is 4. The lowest BCUT2D eigenvalue weighted by molar-refractivity contribution is -0.0979. The van der Waals surface area contributed by atoms with Crippen molar-refractivity contribution in [2.75, 3.05) is 22.9 Å². The maximum atomic E-state index is 8.00. The second-order valence-corrected chi connectivity index (χ2v) is 8.41. The maximum absolute atomic E-state index is 8.00. The number of hydrogen-bond acceptors (Lipinski definition) is 5. The van der Waals surface area contributed by atoms with Gasteiger partial charge in [0.05, 0.1) is 0 Å². The first-order valence-corrected chi connectivity index (χ1v) is 10.9. The molecule has 0 atom stereocenters. The van der Waals surface area contributed by atoms with E-state index >= 15 is 0 Å². The van der Waals surface area contributed by atoms with Crippen LogP contribution in [0.4, 0.5) is 22.7 Å². The third kappa shape index (κ3) is 6.87. The highest BCUT2D eigenvalue weighted by atomic mass is 16.1. The van der Waals surface area contributed by atoms with Gasteiger partial charge in [-0.3, -0.25) is 0 Å². The highest BCUT2D eigenvalue weighted by molar-refractivity contribution is 5.72. The molecule has 0 bridgehead atoms. The minimum absolute atomic E-state index is 0.796. The van der Waals surface area contributed by atoms with Crippen LogP contribution in [0.2, 0.25) is 0 Å². The van der Waals surface area contributed by atoms with Gasteiger partial charge in [-0.05, 0) is 121 Å². The smallest absolute Gasteiger partial charge is 0.106 e. The summed E-state index contributed by atoms with van der Waals surface area (Å²) in [5.74, 6) is 0. The molecule has 8 N–H and O–H groups in total. The molecule has 0 aromatic heterocycles. The zero-order chi connectivity index (χ0) is 25.4. The fraction of sp³-hybridized carbons (Fsp3) is 0.138. The molecule has 0 saturated heterocycles.